The van der Waals surface area contributed by atoms with Gasteiger partial charge in [-0.3, -0.25) is 4.79 Å². The maximum absolute atomic E-state index is 12.1. The van der Waals surface area contributed by atoms with Gasteiger partial charge in [-0.1, -0.05) is 31.9 Å². The lowest BCUT2D eigenvalue weighted by atomic mass is 9.79. The summed E-state index contributed by atoms with van der Waals surface area (Å²) < 4.78 is 0. The van der Waals surface area contributed by atoms with Gasteiger partial charge in [0.2, 0.25) is 0 Å². The fraction of sp³-hybridized carbons (Fsp3) is 0.588. The van der Waals surface area contributed by atoms with Gasteiger partial charge in [0.1, 0.15) is 0 Å². The molecule has 1 aromatic carbocycles. The van der Waals surface area contributed by atoms with Gasteiger partial charge in [0.15, 0.2) is 0 Å². The molecule has 0 radical (unpaired) electrons. The summed E-state index contributed by atoms with van der Waals surface area (Å²) in [6.45, 7) is 3.10. The minimum atomic E-state index is -0.743. The summed E-state index contributed by atoms with van der Waals surface area (Å²) in [5.74, 6) is 0.400. The van der Waals surface area contributed by atoms with Crippen molar-refractivity contribution in [1.29, 1.82) is 0 Å². The Bertz CT molecular complexity index is 472. The van der Waals surface area contributed by atoms with E-state index in [2.05, 4.69) is 12.2 Å². The molecule has 1 fully saturated rings. The maximum atomic E-state index is 12.1. The first kappa shape index (κ1) is 16.0. The molecule has 4 nitrogen and oxygen atoms in total. The van der Waals surface area contributed by atoms with Crippen LogP contribution in [0.2, 0.25) is 0 Å². The SMILES string of the molecule is CC1CCCC(O)(CNC(=O)c2ccc(CCN)cc2)C1. The van der Waals surface area contributed by atoms with Crippen molar-refractivity contribution in [3.8, 4) is 0 Å². The van der Waals surface area contributed by atoms with Crippen LogP contribution in [-0.4, -0.2) is 29.7 Å². The molecule has 0 aromatic heterocycles. The molecule has 2 atom stereocenters. The summed E-state index contributed by atoms with van der Waals surface area (Å²) in [7, 11) is 0. The Morgan fingerprint density at radius 1 is 1.43 bits per heavy atom. The standard InChI is InChI=1S/C17H26N2O2/c1-13-3-2-9-17(21,11-13)12-19-16(20)15-6-4-14(5-7-15)8-10-18/h4-7,13,21H,2-3,8-12,18H2,1H3,(H,19,20). The first-order valence-electron chi connectivity index (χ1n) is 7.82. The van der Waals surface area contributed by atoms with Crippen molar-refractivity contribution in [3.05, 3.63) is 35.4 Å². The van der Waals surface area contributed by atoms with Gasteiger partial charge >= 0.3 is 0 Å². The molecule has 0 spiro atoms. The second-order valence-corrected chi connectivity index (χ2v) is 6.34. The molecule has 0 saturated heterocycles. The van der Waals surface area contributed by atoms with Gasteiger partial charge < -0.3 is 16.2 Å². The van der Waals surface area contributed by atoms with Crippen LogP contribution in [0.4, 0.5) is 0 Å². The number of hydrogen-bond acceptors (Lipinski definition) is 3. The van der Waals surface area contributed by atoms with Gasteiger partial charge in [-0.15, -0.1) is 0 Å². The van der Waals surface area contributed by atoms with Gasteiger partial charge in [-0.05, 0) is 49.4 Å². The highest BCUT2D eigenvalue weighted by molar-refractivity contribution is 5.94. The van der Waals surface area contributed by atoms with Crippen LogP contribution >= 0.6 is 0 Å². The third kappa shape index (κ3) is 4.55. The quantitative estimate of drug-likeness (QED) is 0.775. The number of nitrogens with two attached hydrogens (primary N) is 1. The van der Waals surface area contributed by atoms with E-state index in [4.69, 9.17) is 5.73 Å². The molecule has 0 aliphatic heterocycles. The topological polar surface area (TPSA) is 75.3 Å². The van der Waals surface area contributed by atoms with E-state index in [0.717, 1.165) is 31.2 Å². The van der Waals surface area contributed by atoms with E-state index >= 15 is 0 Å². The molecule has 116 valence electrons. The second kappa shape index (κ2) is 7.05. The van der Waals surface area contributed by atoms with E-state index in [1.54, 1.807) is 0 Å². The number of carbonyl (C=O) groups excluding carboxylic acids is 1. The predicted molar refractivity (Wildman–Crippen MR) is 84.1 cm³/mol. The molecule has 0 heterocycles. The third-order valence-electron chi connectivity index (χ3n) is 4.29. The van der Waals surface area contributed by atoms with Gasteiger partial charge in [-0.2, -0.15) is 0 Å². The van der Waals surface area contributed by atoms with Crippen LogP contribution in [0.3, 0.4) is 0 Å². The Labute approximate surface area is 126 Å². The Kier molecular flexibility index (Phi) is 5.37. The average molecular weight is 290 g/mol. The minimum Gasteiger partial charge on any atom is -0.388 e. The molecule has 2 unspecified atom stereocenters. The van der Waals surface area contributed by atoms with Crippen LogP contribution in [0.1, 0.15) is 48.5 Å². The van der Waals surface area contributed by atoms with Crippen molar-refractivity contribution in [2.24, 2.45) is 11.7 Å². The molecule has 4 heteroatoms. The summed E-state index contributed by atoms with van der Waals surface area (Å²) in [6.07, 6.45) is 4.55. The molecular weight excluding hydrogens is 264 g/mol. The third-order valence-corrected chi connectivity index (χ3v) is 4.29. The summed E-state index contributed by atoms with van der Waals surface area (Å²) in [6, 6.07) is 7.49. The average Bonchev–Trinajstić information content (AvgIpc) is 2.46. The summed E-state index contributed by atoms with van der Waals surface area (Å²) in [4.78, 5) is 12.1. The summed E-state index contributed by atoms with van der Waals surface area (Å²) in [5, 5.41) is 13.4. The smallest absolute Gasteiger partial charge is 0.251 e. The van der Waals surface area contributed by atoms with Crippen molar-refractivity contribution in [2.45, 2.75) is 44.6 Å². The number of aliphatic hydroxyl groups is 1. The number of benzene rings is 1. The number of hydrogen-bond donors (Lipinski definition) is 3. The van der Waals surface area contributed by atoms with E-state index in [1.165, 1.54) is 6.42 Å². The van der Waals surface area contributed by atoms with Gasteiger partial charge in [0.05, 0.1) is 5.60 Å². The Morgan fingerprint density at radius 2 is 2.14 bits per heavy atom. The highest BCUT2D eigenvalue weighted by atomic mass is 16.3. The molecule has 1 aromatic rings. The van der Waals surface area contributed by atoms with Crippen LogP contribution in [0.15, 0.2) is 24.3 Å². The van der Waals surface area contributed by atoms with Crippen molar-refractivity contribution >= 4 is 5.91 Å². The zero-order valence-corrected chi connectivity index (χ0v) is 12.8. The van der Waals surface area contributed by atoms with Crippen LogP contribution in [-0.2, 0) is 6.42 Å². The van der Waals surface area contributed by atoms with E-state index in [-0.39, 0.29) is 5.91 Å². The fourth-order valence-corrected chi connectivity index (χ4v) is 3.13. The molecule has 2 rings (SSSR count). The van der Waals surface area contributed by atoms with E-state index in [1.807, 2.05) is 24.3 Å². The second-order valence-electron chi connectivity index (χ2n) is 6.34. The lowest BCUT2D eigenvalue weighted by Gasteiger charge is -2.35. The zero-order chi connectivity index (χ0) is 15.3. The largest absolute Gasteiger partial charge is 0.388 e. The Hall–Kier alpha value is -1.39. The molecule has 1 saturated carbocycles. The van der Waals surface area contributed by atoms with Crippen molar-refractivity contribution in [2.75, 3.05) is 13.1 Å². The highest BCUT2D eigenvalue weighted by Gasteiger charge is 2.32. The molecule has 1 aliphatic carbocycles. The predicted octanol–water partition coefficient (Wildman–Crippen LogP) is 1.86. The van der Waals surface area contributed by atoms with Gasteiger partial charge in [-0.25, -0.2) is 0 Å². The zero-order valence-electron chi connectivity index (χ0n) is 12.8. The number of carbonyl (C=O) groups is 1. The molecule has 0 bridgehead atoms. The fourth-order valence-electron chi connectivity index (χ4n) is 3.13. The van der Waals surface area contributed by atoms with Crippen LogP contribution < -0.4 is 11.1 Å². The van der Waals surface area contributed by atoms with Crippen molar-refractivity contribution < 1.29 is 9.90 Å². The molecule has 21 heavy (non-hydrogen) atoms. The normalized spacial score (nSPS) is 25.6. The molecule has 4 N–H and O–H groups in total. The summed E-state index contributed by atoms with van der Waals surface area (Å²) in [5.41, 5.74) is 6.53. The maximum Gasteiger partial charge on any atom is 0.251 e. The first-order valence-corrected chi connectivity index (χ1v) is 7.82. The molecule has 1 aliphatic rings. The van der Waals surface area contributed by atoms with Gasteiger partial charge in [0.25, 0.3) is 5.91 Å². The Balaban J connectivity index is 1.89. The lowest BCUT2D eigenvalue weighted by Crippen LogP contribution is -2.45. The molecular formula is C17H26N2O2. The monoisotopic (exact) mass is 290 g/mol. The van der Waals surface area contributed by atoms with E-state index in [9.17, 15) is 9.90 Å². The van der Waals surface area contributed by atoms with E-state index in [0.29, 0.717) is 24.6 Å². The molecule has 1 amide bonds. The van der Waals surface area contributed by atoms with Crippen LogP contribution in [0, 0.1) is 5.92 Å². The van der Waals surface area contributed by atoms with Crippen LogP contribution in [0.25, 0.3) is 0 Å². The van der Waals surface area contributed by atoms with Gasteiger partial charge in [0, 0.05) is 12.1 Å². The number of amides is 1. The highest BCUT2D eigenvalue weighted by Crippen LogP contribution is 2.31. The van der Waals surface area contributed by atoms with Crippen molar-refractivity contribution in [1.82, 2.24) is 5.32 Å². The van der Waals surface area contributed by atoms with Crippen molar-refractivity contribution in [3.63, 3.8) is 0 Å². The van der Waals surface area contributed by atoms with E-state index < -0.39 is 5.60 Å². The lowest BCUT2D eigenvalue weighted by molar-refractivity contribution is -0.0109. The first-order chi connectivity index (χ1) is 10.0. The minimum absolute atomic E-state index is 0.124. The Morgan fingerprint density at radius 3 is 2.76 bits per heavy atom. The number of nitrogens with one attached hydrogen (secondary N) is 1. The summed E-state index contributed by atoms with van der Waals surface area (Å²) >= 11 is 0. The van der Waals surface area contributed by atoms with Crippen LogP contribution in [0.5, 0.6) is 0 Å². The number of rotatable bonds is 5.